The van der Waals surface area contributed by atoms with Gasteiger partial charge in [-0.1, -0.05) is 55.1 Å². The first-order valence-electron chi connectivity index (χ1n) is 17.7. The fourth-order valence-electron chi connectivity index (χ4n) is 5.73. The van der Waals surface area contributed by atoms with Crippen molar-refractivity contribution in [3.05, 3.63) is 149 Å². The number of ether oxygens (including phenoxy) is 5. The predicted octanol–water partition coefficient (Wildman–Crippen LogP) is 6.41. The molecule has 0 bridgehead atoms. The Balaban J connectivity index is 1.33. The molecule has 1 amide bonds. The zero-order valence-corrected chi connectivity index (χ0v) is 31.9. The molecular weight excluding hydrogens is 780 g/mol. The summed E-state index contributed by atoms with van der Waals surface area (Å²) in [4.78, 5) is 42.3. The number of benzene rings is 3. The van der Waals surface area contributed by atoms with Gasteiger partial charge in [-0.05, 0) is 43.3 Å². The Morgan fingerprint density at radius 3 is 2.59 bits per heavy atom. The first kappa shape index (κ1) is 42.9. The predicted molar refractivity (Wildman–Crippen MR) is 205 cm³/mol. The fourth-order valence-corrected chi connectivity index (χ4v) is 7.09. The van der Waals surface area contributed by atoms with Crippen LogP contribution in [0.5, 0.6) is 0 Å². The van der Waals surface area contributed by atoms with Crippen LogP contribution in [0.1, 0.15) is 39.5 Å². The van der Waals surface area contributed by atoms with E-state index in [0.717, 1.165) is 12.1 Å². The van der Waals surface area contributed by atoms with Gasteiger partial charge in [-0.3, -0.25) is 4.79 Å². The minimum atomic E-state index is -1.85. The number of nitriles is 1. The molecule has 5 rings (SSSR count). The first-order valence-corrected chi connectivity index (χ1v) is 18.6. The lowest BCUT2D eigenvalue weighted by Crippen LogP contribution is -2.47. The molecule has 1 aliphatic rings. The summed E-state index contributed by atoms with van der Waals surface area (Å²) in [5.41, 5.74) is -1.24. The van der Waals surface area contributed by atoms with Gasteiger partial charge in [0.25, 0.3) is 0 Å². The number of aromatic nitrogens is 3. The fraction of sp³-hybridized carbons (Fsp3) is 0.268. The van der Waals surface area contributed by atoms with Gasteiger partial charge in [0.2, 0.25) is 0 Å². The number of hydrogen-bond donors (Lipinski definition) is 1. The zero-order valence-electron chi connectivity index (χ0n) is 31.1. The number of nitrogens with one attached hydrogen (secondary N) is 1. The molecule has 2 heterocycles. The third-order valence-electron chi connectivity index (χ3n) is 8.59. The monoisotopic (exact) mass is 817 g/mol. The van der Waals surface area contributed by atoms with Gasteiger partial charge in [0.1, 0.15) is 49.9 Å². The summed E-state index contributed by atoms with van der Waals surface area (Å²) in [7, 11) is 0. The SMILES string of the molecule is C=CCOC(=O)NCC(=O)OCc1ccccc1C(=O)O[C@@](Cn1cncn1)(c1ccc(F)cc1F)[C@@H](C)S[C@H]1CO[C@H](/C=C/C=C/c2ccc(C#N)cc2F)OC1. The van der Waals surface area contributed by atoms with Crippen molar-refractivity contribution in [2.24, 2.45) is 0 Å². The number of thioether (sulfide) groups is 1. The molecule has 1 aromatic heterocycles. The molecule has 0 saturated carbocycles. The largest absolute Gasteiger partial charge is 0.459 e. The molecule has 0 spiro atoms. The maximum atomic E-state index is 15.9. The van der Waals surface area contributed by atoms with E-state index in [-0.39, 0.29) is 60.5 Å². The number of amides is 1. The van der Waals surface area contributed by atoms with Crippen molar-refractivity contribution in [1.29, 1.82) is 5.26 Å². The summed E-state index contributed by atoms with van der Waals surface area (Å²) < 4.78 is 74.1. The number of allylic oxidation sites excluding steroid dienone is 2. The third-order valence-corrected chi connectivity index (χ3v) is 10.0. The van der Waals surface area contributed by atoms with E-state index in [1.165, 1.54) is 71.6 Å². The summed E-state index contributed by atoms with van der Waals surface area (Å²) in [6, 6.07) is 15.2. The molecular formula is C41H38F3N5O8S. The Hall–Kier alpha value is -6.22. The van der Waals surface area contributed by atoms with Crippen LogP contribution in [-0.4, -0.2) is 76.0 Å². The van der Waals surface area contributed by atoms with E-state index >= 15 is 4.39 Å². The van der Waals surface area contributed by atoms with Crippen LogP contribution < -0.4 is 5.32 Å². The van der Waals surface area contributed by atoms with Gasteiger partial charge in [0.05, 0.1) is 42.2 Å². The number of esters is 2. The van der Waals surface area contributed by atoms with Gasteiger partial charge in [0.15, 0.2) is 11.9 Å². The number of carbonyl (C=O) groups excluding carboxylic acids is 3. The quantitative estimate of drug-likeness (QED) is 0.0540. The van der Waals surface area contributed by atoms with E-state index in [9.17, 15) is 23.2 Å². The van der Waals surface area contributed by atoms with Crippen molar-refractivity contribution < 1.29 is 51.2 Å². The Bertz CT molecular complexity index is 2170. The summed E-state index contributed by atoms with van der Waals surface area (Å²) in [5.74, 6) is -4.08. The van der Waals surface area contributed by atoms with Gasteiger partial charge < -0.3 is 29.0 Å². The lowest BCUT2D eigenvalue weighted by atomic mass is 9.89. The van der Waals surface area contributed by atoms with Crippen molar-refractivity contribution in [2.45, 2.75) is 42.5 Å². The Labute approximate surface area is 336 Å². The molecule has 1 saturated heterocycles. The number of rotatable bonds is 17. The van der Waals surface area contributed by atoms with Gasteiger partial charge in [-0.2, -0.15) is 10.4 Å². The maximum absolute atomic E-state index is 15.9. The molecule has 3 aromatic carbocycles. The molecule has 1 aliphatic heterocycles. The van der Waals surface area contributed by atoms with Crippen molar-refractivity contribution in [1.82, 2.24) is 20.1 Å². The smallest absolute Gasteiger partial charge is 0.407 e. The van der Waals surface area contributed by atoms with Crippen molar-refractivity contribution in [2.75, 3.05) is 26.4 Å². The lowest BCUT2D eigenvalue weighted by Gasteiger charge is -2.40. The number of carbonyl (C=O) groups is 3. The first-order chi connectivity index (χ1) is 28.0. The highest BCUT2D eigenvalue weighted by Crippen LogP contribution is 2.42. The van der Waals surface area contributed by atoms with E-state index in [1.807, 2.05) is 6.07 Å². The van der Waals surface area contributed by atoms with Gasteiger partial charge in [-0.15, -0.1) is 11.8 Å². The summed E-state index contributed by atoms with van der Waals surface area (Å²) in [6.07, 6.45) is 8.81. The van der Waals surface area contributed by atoms with Crippen LogP contribution in [0.25, 0.3) is 6.08 Å². The Morgan fingerprint density at radius 1 is 1.09 bits per heavy atom. The highest BCUT2D eigenvalue weighted by atomic mass is 32.2. The van der Waals surface area contributed by atoms with E-state index in [2.05, 4.69) is 22.0 Å². The van der Waals surface area contributed by atoms with Crippen LogP contribution in [0, 0.1) is 28.8 Å². The third kappa shape index (κ3) is 11.7. The summed E-state index contributed by atoms with van der Waals surface area (Å²) in [6.45, 7) is 4.31. The Morgan fingerprint density at radius 2 is 1.88 bits per heavy atom. The zero-order chi connectivity index (χ0) is 41.5. The molecule has 4 aromatic rings. The topological polar surface area (TPSA) is 164 Å². The standard InChI is InChI=1S/C41H38F3N5O8S/c1-3-16-53-40(52)47-20-37(50)54-21-30-9-4-6-10-33(30)39(51)57-41(24-49-26-46-25-48-49,34-15-14-31(42)18-36(34)44)27(2)58-32-22-55-38(56-23-32)11-7-5-8-29-13-12-28(19-45)17-35(29)43/h3-15,17-18,25-27,32,38H,1,16,20-24H2,2H3,(H,47,52)/b8-5+,11-7+/t27-,32-,38-,41-/m1/s1. The summed E-state index contributed by atoms with van der Waals surface area (Å²) in [5, 5.41) is 14.3. The van der Waals surface area contributed by atoms with Gasteiger partial charge >= 0.3 is 18.0 Å². The Kier molecular flexibility index (Phi) is 15.4. The molecule has 2 atom stereocenters. The van der Waals surface area contributed by atoms with Crippen LogP contribution in [0.2, 0.25) is 0 Å². The lowest BCUT2D eigenvalue weighted by molar-refractivity contribution is -0.146. The van der Waals surface area contributed by atoms with E-state index < -0.39 is 59.2 Å². The molecule has 17 heteroatoms. The van der Waals surface area contributed by atoms with E-state index in [1.54, 1.807) is 37.3 Å². The van der Waals surface area contributed by atoms with Crippen molar-refractivity contribution >= 4 is 35.9 Å². The van der Waals surface area contributed by atoms with Crippen LogP contribution in [0.15, 0.2) is 104 Å². The van der Waals surface area contributed by atoms with Crippen LogP contribution in [-0.2, 0) is 47.2 Å². The molecule has 1 fully saturated rings. The van der Waals surface area contributed by atoms with E-state index in [4.69, 9.17) is 28.9 Å². The maximum Gasteiger partial charge on any atom is 0.407 e. The van der Waals surface area contributed by atoms with E-state index in [0.29, 0.717) is 11.6 Å². The van der Waals surface area contributed by atoms with Crippen molar-refractivity contribution in [3.63, 3.8) is 0 Å². The van der Waals surface area contributed by atoms with Crippen LogP contribution >= 0.6 is 11.8 Å². The second-order valence-electron chi connectivity index (χ2n) is 12.6. The number of halogens is 3. The average Bonchev–Trinajstić information content (AvgIpc) is 3.73. The molecule has 0 aliphatic carbocycles. The minimum Gasteiger partial charge on any atom is -0.459 e. The van der Waals surface area contributed by atoms with Crippen molar-refractivity contribution in [3.8, 4) is 6.07 Å². The van der Waals surface area contributed by atoms with Crippen LogP contribution in [0.4, 0.5) is 18.0 Å². The van der Waals surface area contributed by atoms with Gasteiger partial charge in [-0.25, -0.2) is 32.4 Å². The molecule has 0 unspecified atom stereocenters. The molecule has 302 valence electrons. The highest BCUT2D eigenvalue weighted by Gasteiger charge is 2.47. The highest BCUT2D eigenvalue weighted by molar-refractivity contribution is 8.00. The number of alkyl carbamates (subject to hydrolysis) is 1. The average molecular weight is 818 g/mol. The molecule has 58 heavy (non-hydrogen) atoms. The van der Waals surface area contributed by atoms with Crippen LogP contribution in [0.3, 0.4) is 0 Å². The second-order valence-corrected chi connectivity index (χ2v) is 14.2. The normalized spacial score (nSPS) is 16.9. The number of hydrogen-bond acceptors (Lipinski definition) is 12. The van der Waals surface area contributed by atoms with Gasteiger partial charge in [0, 0.05) is 28.0 Å². The molecule has 13 nitrogen and oxygen atoms in total. The number of nitrogens with zero attached hydrogens (tertiary/aromatic N) is 4. The molecule has 0 radical (unpaired) electrons. The minimum absolute atomic E-state index is 0.00808. The molecule has 1 N–H and O–H groups in total. The summed E-state index contributed by atoms with van der Waals surface area (Å²) >= 11 is 1.29. The second kappa shape index (κ2) is 20.8.